The average molecular weight is 316 g/mol. The molecule has 2 heteroatoms. The Hall–Kier alpha value is -1.38. The maximum absolute atomic E-state index is 10.2. The Balaban J connectivity index is 0.000000276. The number of aliphatic hydroxyl groups excluding tert-OH is 1. The van der Waals surface area contributed by atoms with E-state index in [1.165, 1.54) is 32.4 Å². The van der Waals surface area contributed by atoms with Gasteiger partial charge in [-0.25, -0.2) is 0 Å². The second kappa shape index (κ2) is 13.1. The summed E-state index contributed by atoms with van der Waals surface area (Å²) in [7, 11) is 0. The van der Waals surface area contributed by atoms with Gasteiger partial charge in [0.25, 0.3) is 0 Å². The standard InChI is InChI=1S/C14H16O.C5H11N.C2H6/c15-14(13-10-6-3-7-11-13)12-8-4-1-2-5-9-12;1-2-4-6-5-3-1;1-2/h1,3-4,6-7,9-11,14-15H,2,5,8H2;6H,1-5H2;1-2H3. The van der Waals surface area contributed by atoms with E-state index in [1.54, 1.807) is 0 Å². The molecule has 1 saturated heterocycles. The van der Waals surface area contributed by atoms with Crippen LogP contribution in [0.25, 0.3) is 0 Å². The highest BCUT2D eigenvalue weighted by atomic mass is 16.3. The predicted molar refractivity (Wildman–Crippen MR) is 101 cm³/mol. The lowest BCUT2D eigenvalue weighted by Gasteiger charge is -2.13. The number of hydrogen-bond acceptors (Lipinski definition) is 2. The minimum absolute atomic E-state index is 0.436. The highest BCUT2D eigenvalue weighted by Crippen LogP contribution is 2.26. The van der Waals surface area contributed by atoms with E-state index < -0.39 is 6.10 Å². The van der Waals surface area contributed by atoms with Crippen LogP contribution in [0.3, 0.4) is 0 Å². The maximum atomic E-state index is 10.2. The summed E-state index contributed by atoms with van der Waals surface area (Å²) in [6, 6.07) is 9.84. The van der Waals surface area contributed by atoms with Crippen molar-refractivity contribution in [1.82, 2.24) is 5.32 Å². The van der Waals surface area contributed by atoms with Crippen LogP contribution in [0.4, 0.5) is 0 Å². The monoisotopic (exact) mass is 315 g/mol. The molecule has 0 bridgehead atoms. The molecule has 1 atom stereocenters. The molecule has 0 amide bonds. The summed E-state index contributed by atoms with van der Waals surface area (Å²) >= 11 is 0. The molecular weight excluding hydrogens is 282 g/mol. The van der Waals surface area contributed by atoms with Crippen LogP contribution in [-0.2, 0) is 0 Å². The zero-order chi connectivity index (χ0) is 16.8. The van der Waals surface area contributed by atoms with Gasteiger partial charge in [-0.05, 0) is 56.3 Å². The van der Waals surface area contributed by atoms with Crippen molar-refractivity contribution in [2.45, 2.75) is 58.5 Å². The third-order valence-corrected chi connectivity index (χ3v) is 3.93. The number of rotatable bonds is 2. The van der Waals surface area contributed by atoms with Crippen molar-refractivity contribution in [3.05, 3.63) is 59.7 Å². The van der Waals surface area contributed by atoms with Gasteiger partial charge < -0.3 is 10.4 Å². The lowest BCUT2D eigenvalue weighted by molar-refractivity contribution is 0.213. The molecule has 0 spiro atoms. The molecule has 1 aromatic carbocycles. The normalized spacial score (nSPS) is 18.3. The van der Waals surface area contributed by atoms with Crippen LogP contribution in [-0.4, -0.2) is 18.2 Å². The minimum Gasteiger partial charge on any atom is -0.384 e. The third kappa shape index (κ3) is 8.15. The zero-order valence-electron chi connectivity index (χ0n) is 14.8. The fraction of sp³-hybridized carbons (Fsp3) is 0.524. The Kier molecular flexibility index (Phi) is 11.2. The lowest BCUT2D eigenvalue weighted by atomic mass is 9.99. The minimum atomic E-state index is -0.436. The van der Waals surface area contributed by atoms with Gasteiger partial charge in [0.1, 0.15) is 6.10 Å². The van der Waals surface area contributed by atoms with E-state index in [-0.39, 0.29) is 0 Å². The molecule has 0 saturated carbocycles. The topological polar surface area (TPSA) is 32.3 Å². The van der Waals surface area contributed by atoms with Crippen molar-refractivity contribution in [2.75, 3.05) is 13.1 Å². The quantitative estimate of drug-likeness (QED) is 0.738. The van der Waals surface area contributed by atoms with Crippen molar-refractivity contribution >= 4 is 0 Å². The van der Waals surface area contributed by atoms with Crippen molar-refractivity contribution < 1.29 is 5.11 Å². The van der Waals surface area contributed by atoms with E-state index in [4.69, 9.17) is 0 Å². The van der Waals surface area contributed by atoms with E-state index in [0.29, 0.717) is 0 Å². The molecule has 0 radical (unpaired) electrons. The van der Waals surface area contributed by atoms with Gasteiger partial charge in [0.05, 0.1) is 0 Å². The summed E-state index contributed by atoms with van der Waals surface area (Å²) in [6.45, 7) is 6.50. The van der Waals surface area contributed by atoms with E-state index >= 15 is 0 Å². The molecule has 1 unspecified atom stereocenters. The summed E-state index contributed by atoms with van der Waals surface area (Å²) in [4.78, 5) is 0. The summed E-state index contributed by atoms with van der Waals surface area (Å²) in [5, 5.41) is 13.5. The van der Waals surface area contributed by atoms with Crippen LogP contribution in [0.5, 0.6) is 0 Å². The maximum Gasteiger partial charge on any atom is 0.100 e. The lowest BCUT2D eigenvalue weighted by Crippen LogP contribution is -2.21. The number of benzene rings is 1. The Morgan fingerprint density at radius 3 is 2.17 bits per heavy atom. The Labute approximate surface area is 142 Å². The molecule has 0 aromatic heterocycles. The average Bonchev–Trinajstić information content (AvgIpc) is 2.95. The number of hydrogen-bond donors (Lipinski definition) is 2. The fourth-order valence-electron chi connectivity index (χ4n) is 2.66. The van der Waals surface area contributed by atoms with Crippen LogP contribution in [0.15, 0.2) is 54.1 Å². The fourth-order valence-corrected chi connectivity index (χ4v) is 2.66. The largest absolute Gasteiger partial charge is 0.384 e. The van der Waals surface area contributed by atoms with Crippen molar-refractivity contribution in [3.8, 4) is 0 Å². The van der Waals surface area contributed by atoms with Crippen molar-refractivity contribution in [2.24, 2.45) is 0 Å². The van der Waals surface area contributed by atoms with Crippen LogP contribution in [0.1, 0.15) is 64.0 Å². The van der Waals surface area contributed by atoms with Crippen molar-refractivity contribution in [3.63, 3.8) is 0 Å². The summed E-state index contributed by atoms with van der Waals surface area (Å²) in [5.41, 5.74) is 2.11. The van der Waals surface area contributed by atoms with E-state index in [0.717, 1.165) is 30.4 Å². The van der Waals surface area contributed by atoms with Gasteiger partial charge in [-0.2, -0.15) is 0 Å². The smallest absolute Gasteiger partial charge is 0.100 e. The summed E-state index contributed by atoms with van der Waals surface area (Å²) < 4.78 is 0. The van der Waals surface area contributed by atoms with E-state index in [1.807, 2.05) is 44.2 Å². The molecule has 1 aliphatic carbocycles. The van der Waals surface area contributed by atoms with Gasteiger partial charge in [-0.15, -0.1) is 0 Å². The summed E-state index contributed by atoms with van der Waals surface area (Å²) in [6.07, 6.45) is 13.3. The molecular formula is C21H33NO. The van der Waals surface area contributed by atoms with E-state index in [9.17, 15) is 5.11 Å². The van der Waals surface area contributed by atoms with Gasteiger partial charge in [-0.1, -0.05) is 68.8 Å². The number of nitrogens with one attached hydrogen (secondary N) is 1. The van der Waals surface area contributed by atoms with Gasteiger partial charge in [0.15, 0.2) is 0 Å². The van der Waals surface area contributed by atoms with Crippen LogP contribution >= 0.6 is 0 Å². The molecule has 23 heavy (non-hydrogen) atoms. The molecule has 128 valence electrons. The van der Waals surface area contributed by atoms with Crippen LogP contribution < -0.4 is 5.32 Å². The number of piperidine rings is 1. The highest BCUT2D eigenvalue weighted by Gasteiger charge is 2.12. The predicted octanol–water partition coefficient (Wildman–Crippen LogP) is 5.17. The van der Waals surface area contributed by atoms with Gasteiger partial charge in [0.2, 0.25) is 0 Å². The van der Waals surface area contributed by atoms with Crippen LogP contribution in [0.2, 0.25) is 0 Å². The SMILES string of the molecule is C1CCNCC1.CC.OC(C1=CCCC=CC1)c1ccccc1. The second-order valence-corrected chi connectivity index (χ2v) is 5.66. The van der Waals surface area contributed by atoms with Gasteiger partial charge in [0, 0.05) is 0 Å². The molecule has 2 aliphatic rings. The van der Waals surface area contributed by atoms with Crippen molar-refractivity contribution in [1.29, 1.82) is 0 Å². The van der Waals surface area contributed by atoms with Gasteiger partial charge >= 0.3 is 0 Å². The first kappa shape index (κ1) is 19.7. The second-order valence-electron chi connectivity index (χ2n) is 5.66. The molecule has 1 aliphatic heterocycles. The van der Waals surface area contributed by atoms with Gasteiger partial charge in [-0.3, -0.25) is 0 Å². The molecule has 1 fully saturated rings. The molecule has 2 nitrogen and oxygen atoms in total. The molecule has 1 aromatic rings. The Morgan fingerprint density at radius 2 is 1.61 bits per heavy atom. The highest BCUT2D eigenvalue weighted by molar-refractivity contribution is 5.27. The Morgan fingerprint density at radius 1 is 0.913 bits per heavy atom. The summed E-state index contributed by atoms with van der Waals surface area (Å²) in [5.74, 6) is 0. The molecule has 3 rings (SSSR count). The molecule has 2 N–H and O–H groups in total. The Bertz CT molecular complexity index is 435. The molecule has 1 heterocycles. The first-order valence-electron chi connectivity index (χ1n) is 9.15. The zero-order valence-corrected chi connectivity index (χ0v) is 14.8. The first-order chi connectivity index (χ1) is 11.4. The van der Waals surface area contributed by atoms with Crippen LogP contribution in [0, 0.1) is 0 Å². The first-order valence-corrected chi connectivity index (χ1v) is 9.15. The van der Waals surface area contributed by atoms with E-state index in [2.05, 4.69) is 23.5 Å². The third-order valence-electron chi connectivity index (χ3n) is 3.93. The number of aliphatic hydroxyl groups is 1. The number of allylic oxidation sites excluding steroid dienone is 3.